The molecule has 4 aromatic rings. The van der Waals surface area contributed by atoms with Crippen molar-refractivity contribution in [1.29, 1.82) is 0 Å². The third-order valence-corrected chi connectivity index (χ3v) is 6.07. The zero-order valence-electron chi connectivity index (χ0n) is 16.7. The number of halogens is 1. The number of benzene rings is 2. The second-order valence-corrected chi connectivity index (χ2v) is 8.88. The number of carbonyl (C=O) groups is 1. The SMILES string of the molecule is C[C@H](NC(=O)c1ccco1)c1nc(-c2ccc(NS(=O)(=O)c3ccc(Cl)cc3)cc2)no1. The number of carbonyl (C=O) groups excluding carboxylic acids is 1. The summed E-state index contributed by atoms with van der Waals surface area (Å²) < 4.78 is 37.8. The van der Waals surface area contributed by atoms with Crippen LogP contribution in [-0.2, 0) is 10.0 Å². The van der Waals surface area contributed by atoms with E-state index in [1.54, 1.807) is 43.3 Å². The first-order valence-corrected chi connectivity index (χ1v) is 11.2. The fraction of sp³-hybridized carbons (Fsp3) is 0.0952. The smallest absolute Gasteiger partial charge is 0.287 e. The fourth-order valence-corrected chi connectivity index (χ4v) is 3.97. The first-order valence-electron chi connectivity index (χ1n) is 9.38. The lowest BCUT2D eigenvalue weighted by atomic mass is 10.2. The third kappa shape index (κ3) is 4.82. The van der Waals surface area contributed by atoms with Crippen molar-refractivity contribution in [3.05, 3.63) is 83.6 Å². The summed E-state index contributed by atoms with van der Waals surface area (Å²) in [6.07, 6.45) is 1.41. The summed E-state index contributed by atoms with van der Waals surface area (Å²) in [7, 11) is -3.75. The quantitative estimate of drug-likeness (QED) is 0.411. The fourth-order valence-electron chi connectivity index (χ4n) is 2.78. The summed E-state index contributed by atoms with van der Waals surface area (Å²) in [6.45, 7) is 1.70. The number of hydrogen-bond donors (Lipinski definition) is 2. The summed E-state index contributed by atoms with van der Waals surface area (Å²) >= 11 is 5.81. The molecule has 32 heavy (non-hydrogen) atoms. The van der Waals surface area contributed by atoms with Crippen LogP contribution in [0.15, 0.2) is 80.8 Å². The Labute approximate surface area is 188 Å². The van der Waals surface area contributed by atoms with Gasteiger partial charge in [0.2, 0.25) is 11.7 Å². The molecule has 0 aliphatic rings. The maximum Gasteiger partial charge on any atom is 0.287 e. The van der Waals surface area contributed by atoms with E-state index in [4.69, 9.17) is 20.5 Å². The molecule has 0 radical (unpaired) electrons. The second-order valence-electron chi connectivity index (χ2n) is 6.77. The number of furan rings is 1. The van der Waals surface area contributed by atoms with Crippen molar-refractivity contribution in [3.8, 4) is 11.4 Å². The van der Waals surface area contributed by atoms with Gasteiger partial charge in [-0.3, -0.25) is 9.52 Å². The van der Waals surface area contributed by atoms with E-state index < -0.39 is 22.0 Å². The molecule has 0 bridgehead atoms. The molecule has 0 spiro atoms. The van der Waals surface area contributed by atoms with E-state index in [0.29, 0.717) is 22.1 Å². The molecule has 0 aliphatic carbocycles. The van der Waals surface area contributed by atoms with Crippen LogP contribution in [0.5, 0.6) is 0 Å². The summed E-state index contributed by atoms with van der Waals surface area (Å²) in [4.78, 5) is 16.5. The van der Waals surface area contributed by atoms with Gasteiger partial charge < -0.3 is 14.3 Å². The van der Waals surface area contributed by atoms with Crippen molar-refractivity contribution in [2.24, 2.45) is 0 Å². The molecule has 2 aromatic carbocycles. The largest absolute Gasteiger partial charge is 0.459 e. The van der Waals surface area contributed by atoms with Crippen molar-refractivity contribution in [2.45, 2.75) is 17.9 Å². The van der Waals surface area contributed by atoms with E-state index in [2.05, 4.69) is 20.2 Å². The van der Waals surface area contributed by atoms with Gasteiger partial charge in [-0.2, -0.15) is 4.98 Å². The monoisotopic (exact) mass is 472 g/mol. The number of nitrogens with one attached hydrogen (secondary N) is 2. The van der Waals surface area contributed by atoms with Gasteiger partial charge in [-0.25, -0.2) is 8.42 Å². The lowest BCUT2D eigenvalue weighted by molar-refractivity contribution is 0.0904. The van der Waals surface area contributed by atoms with Crippen LogP contribution in [0.4, 0.5) is 5.69 Å². The molecule has 2 heterocycles. The lowest BCUT2D eigenvalue weighted by Gasteiger charge is -2.08. The van der Waals surface area contributed by atoms with Crippen LogP contribution in [0.25, 0.3) is 11.4 Å². The van der Waals surface area contributed by atoms with E-state index >= 15 is 0 Å². The molecule has 0 saturated carbocycles. The molecule has 11 heteroatoms. The number of nitrogens with zero attached hydrogens (tertiary/aromatic N) is 2. The van der Waals surface area contributed by atoms with Gasteiger partial charge >= 0.3 is 0 Å². The third-order valence-electron chi connectivity index (χ3n) is 4.42. The Morgan fingerprint density at radius 1 is 1.06 bits per heavy atom. The Hall–Kier alpha value is -3.63. The molecule has 9 nitrogen and oxygen atoms in total. The minimum atomic E-state index is -3.75. The second kappa shape index (κ2) is 8.85. The standard InChI is InChI=1S/C21H17ClN4O5S/c1-13(23-20(27)18-3-2-12-30-18)21-24-19(25-31-21)14-4-8-16(9-5-14)26-32(28,29)17-10-6-15(22)7-11-17/h2-13,26H,1H3,(H,23,27)/t13-/m0/s1. The zero-order valence-corrected chi connectivity index (χ0v) is 18.2. The number of amides is 1. The number of rotatable bonds is 7. The van der Waals surface area contributed by atoms with E-state index in [1.165, 1.54) is 30.5 Å². The highest BCUT2D eigenvalue weighted by atomic mass is 35.5. The van der Waals surface area contributed by atoms with Crippen LogP contribution in [0, 0.1) is 0 Å². The van der Waals surface area contributed by atoms with Crippen molar-refractivity contribution >= 4 is 33.2 Å². The Kier molecular flexibility index (Phi) is 5.97. The van der Waals surface area contributed by atoms with Gasteiger partial charge in [0.05, 0.1) is 11.2 Å². The molecule has 2 N–H and O–H groups in total. The van der Waals surface area contributed by atoms with Gasteiger partial charge in [0.25, 0.3) is 15.9 Å². The molecule has 1 atom stereocenters. The number of sulfonamides is 1. The normalized spacial score (nSPS) is 12.3. The maximum atomic E-state index is 12.5. The summed E-state index contributed by atoms with van der Waals surface area (Å²) in [6, 6.07) is 14.9. The van der Waals surface area contributed by atoms with Gasteiger partial charge in [-0.1, -0.05) is 16.8 Å². The van der Waals surface area contributed by atoms with Gasteiger partial charge in [0.1, 0.15) is 6.04 Å². The average molecular weight is 473 g/mol. The van der Waals surface area contributed by atoms with Gasteiger partial charge in [0, 0.05) is 16.3 Å². The number of anilines is 1. The minimum absolute atomic E-state index is 0.0966. The van der Waals surface area contributed by atoms with Crippen LogP contribution in [0.3, 0.4) is 0 Å². The van der Waals surface area contributed by atoms with Crippen molar-refractivity contribution in [1.82, 2.24) is 15.5 Å². The predicted molar refractivity (Wildman–Crippen MR) is 117 cm³/mol. The van der Waals surface area contributed by atoms with Crippen LogP contribution < -0.4 is 10.0 Å². The Morgan fingerprint density at radius 2 is 1.78 bits per heavy atom. The zero-order chi connectivity index (χ0) is 22.7. The van der Waals surface area contributed by atoms with Crippen LogP contribution >= 0.6 is 11.6 Å². The first kappa shape index (κ1) is 21.6. The highest BCUT2D eigenvalue weighted by Gasteiger charge is 2.20. The molecule has 0 aliphatic heterocycles. The molecule has 164 valence electrons. The van der Waals surface area contributed by atoms with Gasteiger partial charge in [-0.15, -0.1) is 0 Å². The van der Waals surface area contributed by atoms with Gasteiger partial charge in [-0.05, 0) is 67.6 Å². The Bertz CT molecular complexity index is 1320. The van der Waals surface area contributed by atoms with E-state index in [-0.39, 0.29) is 16.5 Å². The van der Waals surface area contributed by atoms with E-state index in [1.807, 2.05) is 0 Å². The molecular weight excluding hydrogens is 456 g/mol. The molecule has 1 amide bonds. The number of aromatic nitrogens is 2. The van der Waals surface area contributed by atoms with E-state index in [0.717, 1.165) is 0 Å². The summed E-state index contributed by atoms with van der Waals surface area (Å²) in [5, 5.41) is 7.08. The summed E-state index contributed by atoms with van der Waals surface area (Å²) in [5.74, 6) is 0.284. The molecule has 0 saturated heterocycles. The van der Waals surface area contributed by atoms with Crippen LogP contribution in [0.2, 0.25) is 5.02 Å². The van der Waals surface area contributed by atoms with Crippen molar-refractivity contribution in [3.63, 3.8) is 0 Å². The predicted octanol–water partition coefficient (Wildman–Crippen LogP) is 4.27. The van der Waals surface area contributed by atoms with E-state index in [9.17, 15) is 13.2 Å². The first-order chi connectivity index (χ1) is 15.3. The molecule has 4 rings (SSSR count). The van der Waals surface area contributed by atoms with Crippen LogP contribution in [0.1, 0.15) is 29.4 Å². The molecule has 0 unspecified atom stereocenters. The maximum absolute atomic E-state index is 12.5. The topological polar surface area (TPSA) is 127 Å². The Morgan fingerprint density at radius 3 is 2.44 bits per heavy atom. The van der Waals surface area contributed by atoms with Crippen molar-refractivity contribution < 1.29 is 22.2 Å². The molecule has 0 fully saturated rings. The van der Waals surface area contributed by atoms with Gasteiger partial charge in [0.15, 0.2) is 5.76 Å². The number of hydrogen-bond acceptors (Lipinski definition) is 7. The highest BCUT2D eigenvalue weighted by Crippen LogP contribution is 2.23. The highest BCUT2D eigenvalue weighted by molar-refractivity contribution is 7.92. The van der Waals surface area contributed by atoms with Crippen molar-refractivity contribution in [2.75, 3.05) is 4.72 Å². The lowest BCUT2D eigenvalue weighted by Crippen LogP contribution is -2.26. The Balaban J connectivity index is 1.44. The minimum Gasteiger partial charge on any atom is -0.459 e. The summed E-state index contributed by atoms with van der Waals surface area (Å²) in [5.41, 5.74) is 0.977. The average Bonchev–Trinajstić information content (AvgIpc) is 3.47. The molecular formula is C21H17ClN4O5S. The molecule has 2 aromatic heterocycles. The van der Waals surface area contributed by atoms with Crippen LogP contribution in [-0.4, -0.2) is 24.5 Å².